The first kappa shape index (κ1) is 19.0. The Labute approximate surface area is 158 Å². The number of morpholine rings is 1. The van der Waals surface area contributed by atoms with Crippen molar-refractivity contribution < 1.29 is 14.3 Å². The third kappa shape index (κ3) is 4.11. The molecule has 3 heterocycles. The molecule has 7 nitrogen and oxygen atoms in total. The summed E-state index contributed by atoms with van der Waals surface area (Å²) in [6.07, 6.45) is 0.821. The number of carbonyl (C=O) groups excluding carboxylic acids is 1. The minimum Gasteiger partial charge on any atom is -0.465 e. The zero-order valence-corrected chi connectivity index (χ0v) is 16.1. The Morgan fingerprint density at radius 2 is 2.12 bits per heavy atom. The molecule has 0 amide bonds. The largest absolute Gasteiger partial charge is 0.465 e. The molecule has 140 valence electrons. The van der Waals surface area contributed by atoms with E-state index in [9.17, 15) is 10.1 Å². The molecule has 3 rings (SSSR count). The molecule has 0 saturated carbocycles. The van der Waals surface area contributed by atoms with E-state index in [1.54, 1.807) is 6.92 Å². The number of nitriles is 1. The molecule has 1 aromatic heterocycles. The van der Waals surface area contributed by atoms with E-state index in [0.29, 0.717) is 30.4 Å². The highest BCUT2D eigenvalue weighted by Gasteiger charge is 2.27. The lowest BCUT2D eigenvalue weighted by atomic mass is 9.96. The van der Waals surface area contributed by atoms with Crippen LogP contribution in [-0.4, -0.2) is 68.1 Å². The summed E-state index contributed by atoms with van der Waals surface area (Å²) in [6.45, 7) is 6.77. The molecule has 2 aliphatic heterocycles. The summed E-state index contributed by atoms with van der Waals surface area (Å²) in [5.41, 5.74) is 2.82. The maximum absolute atomic E-state index is 11.7. The van der Waals surface area contributed by atoms with Gasteiger partial charge in [-0.1, -0.05) is 11.8 Å². The van der Waals surface area contributed by atoms with Crippen molar-refractivity contribution in [2.75, 3.05) is 57.2 Å². The molecule has 2 aliphatic rings. The maximum Gasteiger partial charge on any atom is 0.316 e. The molecule has 8 heteroatoms. The number of hydrogen-bond acceptors (Lipinski definition) is 8. The van der Waals surface area contributed by atoms with Gasteiger partial charge in [-0.15, -0.1) is 0 Å². The molecule has 0 aliphatic carbocycles. The van der Waals surface area contributed by atoms with Gasteiger partial charge in [0, 0.05) is 31.7 Å². The molecular weight excluding hydrogens is 352 g/mol. The molecule has 0 N–H and O–H groups in total. The fraction of sp³-hybridized carbons (Fsp3) is 0.611. The quantitative estimate of drug-likeness (QED) is 0.564. The third-order valence-corrected chi connectivity index (χ3v) is 5.53. The second-order valence-electron chi connectivity index (χ2n) is 6.37. The Morgan fingerprint density at radius 1 is 1.35 bits per heavy atom. The molecule has 0 spiro atoms. The maximum atomic E-state index is 11.7. The van der Waals surface area contributed by atoms with E-state index in [2.05, 4.69) is 22.9 Å². The van der Waals surface area contributed by atoms with Crippen molar-refractivity contribution in [3.8, 4) is 6.07 Å². The van der Waals surface area contributed by atoms with E-state index in [0.717, 1.165) is 49.5 Å². The van der Waals surface area contributed by atoms with Crippen molar-refractivity contribution in [2.24, 2.45) is 0 Å². The lowest BCUT2D eigenvalue weighted by Crippen LogP contribution is -2.39. The van der Waals surface area contributed by atoms with Gasteiger partial charge in [-0.25, -0.2) is 4.98 Å². The van der Waals surface area contributed by atoms with E-state index in [4.69, 9.17) is 14.5 Å². The zero-order valence-electron chi connectivity index (χ0n) is 15.3. The second-order valence-corrected chi connectivity index (χ2v) is 7.33. The lowest BCUT2D eigenvalue weighted by molar-refractivity contribution is -0.139. The summed E-state index contributed by atoms with van der Waals surface area (Å²) in [7, 11) is 2.08. The number of carbonyl (C=O) groups is 1. The number of pyridine rings is 1. The number of aromatic nitrogens is 1. The van der Waals surface area contributed by atoms with Crippen LogP contribution in [0.2, 0.25) is 0 Å². The van der Waals surface area contributed by atoms with Gasteiger partial charge in [0.1, 0.15) is 16.9 Å². The minimum atomic E-state index is -0.284. The van der Waals surface area contributed by atoms with Crippen LogP contribution in [0.5, 0.6) is 0 Å². The SMILES string of the molecule is CCOC(=O)CSc1nc(N2CCOCC2)c2c(c1C#N)CCN(C)C2. The van der Waals surface area contributed by atoms with E-state index in [1.807, 2.05) is 0 Å². The third-order valence-electron chi connectivity index (χ3n) is 4.58. The molecule has 0 unspecified atom stereocenters. The van der Waals surface area contributed by atoms with Gasteiger partial charge in [-0.2, -0.15) is 5.26 Å². The number of thioether (sulfide) groups is 1. The van der Waals surface area contributed by atoms with Gasteiger partial charge < -0.3 is 19.3 Å². The first-order chi connectivity index (χ1) is 12.6. The number of hydrogen-bond donors (Lipinski definition) is 0. The molecule has 1 fully saturated rings. The molecule has 0 radical (unpaired) electrons. The average molecular weight is 376 g/mol. The molecule has 0 bridgehead atoms. The van der Waals surface area contributed by atoms with Crippen LogP contribution in [-0.2, 0) is 27.2 Å². The fourth-order valence-corrected chi connectivity index (χ4v) is 4.12. The number of nitrogens with zero attached hydrogens (tertiary/aromatic N) is 4. The van der Waals surface area contributed by atoms with E-state index in [1.165, 1.54) is 11.8 Å². The Bertz CT molecular complexity index is 713. The smallest absolute Gasteiger partial charge is 0.316 e. The van der Waals surface area contributed by atoms with Crippen molar-refractivity contribution in [1.29, 1.82) is 5.26 Å². The van der Waals surface area contributed by atoms with Crippen molar-refractivity contribution in [3.63, 3.8) is 0 Å². The lowest BCUT2D eigenvalue weighted by Gasteiger charge is -2.34. The van der Waals surface area contributed by atoms with Gasteiger partial charge in [0.2, 0.25) is 0 Å². The zero-order chi connectivity index (χ0) is 18.5. The minimum absolute atomic E-state index is 0.163. The van der Waals surface area contributed by atoms with Crippen LogP contribution in [0.15, 0.2) is 5.03 Å². The summed E-state index contributed by atoms with van der Waals surface area (Å²) in [5, 5.41) is 10.4. The Morgan fingerprint density at radius 3 is 2.81 bits per heavy atom. The Balaban J connectivity index is 1.98. The normalized spacial score (nSPS) is 17.5. The summed E-state index contributed by atoms with van der Waals surface area (Å²) in [5.74, 6) is 0.810. The number of fused-ring (bicyclic) bond motifs is 1. The van der Waals surface area contributed by atoms with Gasteiger partial charge in [0.15, 0.2) is 0 Å². The number of ether oxygens (including phenoxy) is 2. The van der Waals surface area contributed by atoms with Crippen LogP contribution in [0, 0.1) is 11.3 Å². The van der Waals surface area contributed by atoms with Crippen molar-refractivity contribution in [1.82, 2.24) is 9.88 Å². The first-order valence-corrected chi connectivity index (χ1v) is 9.88. The van der Waals surface area contributed by atoms with Crippen LogP contribution in [0.3, 0.4) is 0 Å². The molecule has 26 heavy (non-hydrogen) atoms. The monoisotopic (exact) mass is 376 g/mol. The van der Waals surface area contributed by atoms with E-state index in [-0.39, 0.29) is 11.7 Å². The Kier molecular flexibility index (Phi) is 6.35. The highest BCUT2D eigenvalue weighted by atomic mass is 32.2. The van der Waals surface area contributed by atoms with Crippen LogP contribution in [0.4, 0.5) is 5.82 Å². The van der Waals surface area contributed by atoms with Crippen LogP contribution in [0.1, 0.15) is 23.6 Å². The number of rotatable bonds is 5. The highest BCUT2D eigenvalue weighted by molar-refractivity contribution is 7.99. The van der Waals surface area contributed by atoms with Crippen LogP contribution in [0.25, 0.3) is 0 Å². The summed E-state index contributed by atoms with van der Waals surface area (Å²) in [4.78, 5) is 21.1. The van der Waals surface area contributed by atoms with Crippen LogP contribution < -0.4 is 4.90 Å². The highest BCUT2D eigenvalue weighted by Crippen LogP contribution is 2.35. The van der Waals surface area contributed by atoms with Gasteiger partial charge >= 0.3 is 5.97 Å². The predicted molar refractivity (Wildman–Crippen MR) is 99.4 cm³/mol. The number of esters is 1. The van der Waals surface area contributed by atoms with Gasteiger partial charge in [0.05, 0.1) is 31.1 Å². The van der Waals surface area contributed by atoms with Crippen LogP contribution >= 0.6 is 11.8 Å². The van der Waals surface area contributed by atoms with Crippen molar-refractivity contribution >= 4 is 23.5 Å². The Hall–Kier alpha value is -1.82. The van der Waals surface area contributed by atoms with Gasteiger partial charge in [0.25, 0.3) is 0 Å². The predicted octanol–water partition coefficient (Wildman–Crippen LogP) is 1.43. The molecule has 1 saturated heterocycles. The van der Waals surface area contributed by atoms with E-state index < -0.39 is 0 Å². The molecule has 0 atom stereocenters. The first-order valence-electron chi connectivity index (χ1n) is 8.89. The number of anilines is 1. The van der Waals surface area contributed by atoms with Gasteiger partial charge in [-0.3, -0.25) is 4.79 Å². The van der Waals surface area contributed by atoms with E-state index >= 15 is 0 Å². The van der Waals surface area contributed by atoms with Gasteiger partial charge in [-0.05, 0) is 26.0 Å². The standard InChI is InChI=1S/C18H24N4O3S/c1-3-25-16(23)12-26-18-14(10-19)13-4-5-21(2)11-15(13)17(20-18)22-6-8-24-9-7-22/h3-9,11-12H2,1-2H3. The summed E-state index contributed by atoms with van der Waals surface area (Å²) >= 11 is 1.29. The summed E-state index contributed by atoms with van der Waals surface area (Å²) in [6, 6.07) is 2.33. The molecule has 0 aromatic carbocycles. The average Bonchev–Trinajstić information content (AvgIpc) is 2.66. The number of likely N-dealkylation sites (N-methyl/N-ethyl adjacent to an activating group) is 1. The van der Waals surface area contributed by atoms with Crippen molar-refractivity contribution in [3.05, 3.63) is 16.7 Å². The fourth-order valence-electron chi connectivity index (χ4n) is 3.31. The topological polar surface area (TPSA) is 78.7 Å². The second kappa shape index (κ2) is 8.71. The van der Waals surface area contributed by atoms with Crippen molar-refractivity contribution in [2.45, 2.75) is 24.9 Å². The molecular formula is C18H24N4O3S. The summed E-state index contributed by atoms with van der Waals surface area (Å²) < 4.78 is 10.5. The molecule has 1 aromatic rings.